The van der Waals surface area contributed by atoms with Crippen molar-refractivity contribution in [3.8, 4) is 0 Å². The van der Waals surface area contributed by atoms with Crippen LogP contribution in [-0.2, 0) is 11.2 Å². The number of carbonyl (C=O) groups is 1. The van der Waals surface area contributed by atoms with E-state index in [1.165, 1.54) is 6.07 Å². The second-order valence-corrected chi connectivity index (χ2v) is 8.65. The number of hydrogen-bond acceptors (Lipinski definition) is 2. The van der Waals surface area contributed by atoms with Crippen LogP contribution in [-0.4, -0.2) is 21.8 Å². The molecule has 8 heteroatoms. The Bertz CT molecular complexity index is 1270. The van der Waals surface area contributed by atoms with Gasteiger partial charge in [0, 0.05) is 41.3 Å². The van der Waals surface area contributed by atoms with Crippen molar-refractivity contribution in [2.45, 2.75) is 18.8 Å². The zero-order valence-corrected chi connectivity index (χ0v) is 19.1. The number of amides is 1. The number of hydrogen-bond donors (Lipinski definition) is 1. The number of pyridine rings is 1. The first-order chi connectivity index (χ1) is 15.4. The van der Waals surface area contributed by atoms with E-state index >= 15 is 0 Å². The van der Waals surface area contributed by atoms with E-state index < -0.39 is 5.92 Å². The number of nitrogens with zero attached hydrogens (tertiary/aromatic N) is 2. The van der Waals surface area contributed by atoms with Gasteiger partial charge in [0.05, 0.1) is 10.7 Å². The van der Waals surface area contributed by atoms with Crippen LogP contribution in [0.3, 0.4) is 0 Å². The Balaban J connectivity index is 1.55. The highest BCUT2D eigenvalue weighted by Crippen LogP contribution is 2.31. The lowest BCUT2D eigenvalue weighted by atomic mass is 9.92. The molecular weight excluding hydrogens is 472 g/mol. The number of carbonyl (C=O) groups excluding carboxylic acids is 1. The maximum atomic E-state index is 14.7. The van der Waals surface area contributed by atoms with Gasteiger partial charge in [-0.1, -0.05) is 59.1 Å². The molecule has 0 saturated carbocycles. The Labute approximate surface area is 199 Å². The smallest absolute Gasteiger partial charge is 0.221 e. The molecule has 2 heterocycles. The molecule has 2 aromatic heterocycles. The molecule has 4 rings (SSSR count). The van der Waals surface area contributed by atoms with E-state index in [-0.39, 0.29) is 18.1 Å². The number of imidazole rings is 1. The largest absolute Gasteiger partial charge is 0.356 e. The lowest BCUT2D eigenvalue weighted by Gasteiger charge is -2.18. The summed E-state index contributed by atoms with van der Waals surface area (Å²) in [5.41, 5.74) is 2.66. The van der Waals surface area contributed by atoms with Gasteiger partial charge in [0.2, 0.25) is 5.91 Å². The fourth-order valence-electron chi connectivity index (χ4n) is 3.68. The van der Waals surface area contributed by atoms with Crippen molar-refractivity contribution >= 4 is 46.4 Å². The van der Waals surface area contributed by atoms with Crippen LogP contribution >= 0.6 is 34.8 Å². The second-order valence-electron chi connectivity index (χ2n) is 7.37. The first-order valence-corrected chi connectivity index (χ1v) is 11.1. The molecule has 0 saturated heterocycles. The number of rotatable bonds is 7. The predicted octanol–water partition coefficient (Wildman–Crippen LogP) is 6.31. The predicted molar refractivity (Wildman–Crippen MR) is 126 cm³/mol. The zero-order chi connectivity index (χ0) is 22.7. The van der Waals surface area contributed by atoms with Crippen molar-refractivity contribution in [1.29, 1.82) is 0 Å². The average Bonchev–Trinajstić information content (AvgIpc) is 3.17. The summed E-state index contributed by atoms with van der Waals surface area (Å²) in [5.74, 6) is -1.13. The summed E-state index contributed by atoms with van der Waals surface area (Å²) < 4.78 is 16.5. The Hall–Kier alpha value is -2.60. The minimum atomic E-state index is -0.538. The Morgan fingerprint density at radius 1 is 1.06 bits per heavy atom. The van der Waals surface area contributed by atoms with Crippen LogP contribution in [0, 0.1) is 5.82 Å². The molecule has 4 aromatic rings. The van der Waals surface area contributed by atoms with Crippen molar-refractivity contribution < 1.29 is 9.18 Å². The minimum absolute atomic E-state index is 0.0512. The third-order valence-electron chi connectivity index (χ3n) is 5.26. The highest BCUT2D eigenvalue weighted by Gasteiger charge is 2.24. The van der Waals surface area contributed by atoms with Crippen LogP contribution < -0.4 is 5.32 Å². The van der Waals surface area contributed by atoms with Crippen molar-refractivity contribution in [3.05, 3.63) is 105 Å². The van der Waals surface area contributed by atoms with E-state index in [0.717, 1.165) is 5.56 Å². The number of nitrogens with one attached hydrogen (secondary N) is 1. The Morgan fingerprint density at radius 2 is 1.84 bits per heavy atom. The maximum absolute atomic E-state index is 14.7. The van der Waals surface area contributed by atoms with Gasteiger partial charge in [-0.3, -0.25) is 4.79 Å². The third kappa shape index (κ3) is 5.07. The van der Waals surface area contributed by atoms with Crippen LogP contribution in [0.5, 0.6) is 0 Å². The molecule has 0 aliphatic rings. The molecule has 1 amide bonds. The van der Waals surface area contributed by atoms with Gasteiger partial charge in [0.25, 0.3) is 0 Å². The van der Waals surface area contributed by atoms with E-state index in [1.54, 1.807) is 59.3 Å². The molecule has 2 aromatic carbocycles. The van der Waals surface area contributed by atoms with Crippen LogP contribution in [0.15, 0.2) is 67.0 Å². The fraction of sp³-hybridized carbons (Fsp3) is 0.167. The number of fused-ring (bicyclic) bond motifs is 1. The van der Waals surface area contributed by atoms with Gasteiger partial charge in [-0.25, -0.2) is 9.37 Å². The van der Waals surface area contributed by atoms with Crippen LogP contribution in [0.1, 0.15) is 29.2 Å². The summed E-state index contributed by atoms with van der Waals surface area (Å²) in [6.45, 7) is 0.392. The molecular formula is C24H19Cl3FN3O. The molecule has 1 atom stereocenters. The molecule has 0 radical (unpaired) electrons. The van der Waals surface area contributed by atoms with Crippen molar-refractivity contribution in [1.82, 2.24) is 14.7 Å². The second kappa shape index (κ2) is 9.90. The standard InChI is InChI=1S/C24H19Cl3FN3O/c25-16-6-5-15(20(27)11-16)9-10-29-24(32)12-19(18-3-1-2-4-21(18)28)22-13-30-23-8-7-17(26)14-31(22)23/h1-8,11,13-14,19H,9-10,12H2,(H,29,32)/t19-/m0/s1. The van der Waals surface area contributed by atoms with Gasteiger partial charge in [-0.05, 0) is 47.9 Å². The van der Waals surface area contributed by atoms with Crippen molar-refractivity contribution in [2.24, 2.45) is 0 Å². The van der Waals surface area contributed by atoms with Crippen LogP contribution in [0.4, 0.5) is 4.39 Å². The van der Waals surface area contributed by atoms with E-state index in [2.05, 4.69) is 10.3 Å². The SMILES string of the molecule is O=C(C[C@@H](c1ccccc1F)c1cnc2ccc(Cl)cn12)NCCc1ccc(Cl)cc1Cl. The highest BCUT2D eigenvalue weighted by molar-refractivity contribution is 6.35. The molecule has 0 aliphatic heterocycles. The first kappa shape index (κ1) is 22.6. The van der Waals surface area contributed by atoms with Crippen molar-refractivity contribution in [2.75, 3.05) is 6.54 Å². The summed E-state index contributed by atoms with van der Waals surface area (Å²) in [4.78, 5) is 17.2. The third-order valence-corrected chi connectivity index (χ3v) is 6.07. The normalized spacial score (nSPS) is 12.1. The van der Waals surface area contributed by atoms with E-state index in [0.29, 0.717) is 44.9 Å². The molecule has 4 nitrogen and oxygen atoms in total. The quantitative estimate of drug-likeness (QED) is 0.330. The molecule has 0 bridgehead atoms. The molecule has 0 spiro atoms. The molecule has 0 aliphatic carbocycles. The van der Waals surface area contributed by atoms with Crippen LogP contribution in [0.25, 0.3) is 5.65 Å². The Morgan fingerprint density at radius 3 is 2.62 bits per heavy atom. The summed E-state index contributed by atoms with van der Waals surface area (Å²) in [5, 5.41) is 4.54. The topological polar surface area (TPSA) is 46.4 Å². The zero-order valence-electron chi connectivity index (χ0n) is 16.9. The molecule has 164 valence electrons. The van der Waals surface area contributed by atoms with Gasteiger partial charge < -0.3 is 9.72 Å². The molecule has 32 heavy (non-hydrogen) atoms. The number of aromatic nitrogens is 2. The highest BCUT2D eigenvalue weighted by atomic mass is 35.5. The minimum Gasteiger partial charge on any atom is -0.356 e. The van der Waals surface area contributed by atoms with E-state index in [1.807, 2.05) is 6.07 Å². The molecule has 0 fully saturated rings. The van der Waals surface area contributed by atoms with Gasteiger partial charge in [-0.2, -0.15) is 0 Å². The average molecular weight is 491 g/mol. The monoisotopic (exact) mass is 489 g/mol. The fourth-order valence-corrected chi connectivity index (χ4v) is 4.35. The molecule has 1 N–H and O–H groups in total. The summed E-state index contributed by atoms with van der Waals surface area (Å²) in [6.07, 6.45) is 3.98. The first-order valence-electron chi connectivity index (χ1n) is 10.00. The maximum Gasteiger partial charge on any atom is 0.221 e. The van der Waals surface area contributed by atoms with Gasteiger partial charge >= 0.3 is 0 Å². The summed E-state index contributed by atoms with van der Waals surface area (Å²) in [7, 11) is 0. The van der Waals surface area contributed by atoms with E-state index in [4.69, 9.17) is 34.8 Å². The van der Waals surface area contributed by atoms with Gasteiger partial charge in [0.15, 0.2) is 0 Å². The van der Waals surface area contributed by atoms with Gasteiger partial charge in [-0.15, -0.1) is 0 Å². The lowest BCUT2D eigenvalue weighted by molar-refractivity contribution is -0.121. The number of benzene rings is 2. The van der Waals surface area contributed by atoms with Crippen molar-refractivity contribution in [3.63, 3.8) is 0 Å². The number of halogens is 4. The summed E-state index contributed by atoms with van der Waals surface area (Å²) >= 11 is 18.3. The summed E-state index contributed by atoms with van der Waals surface area (Å²) in [6, 6.07) is 15.2. The Kier molecular flexibility index (Phi) is 6.99. The molecule has 0 unspecified atom stereocenters. The lowest BCUT2D eigenvalue weighted by Crippen LogP contribution is -2.28. The van der Waals surface area contributed by atoms with Crippen LogP contribution in [0.2, 0.25) is 15.1 Å². The van der Waals surface area contributed by atoms with Gasteiger partial charge in [0.1, 0.15) is 11.5 Å². The van der Waals surface area contributed by atoms with E-state index in [9.17, 15) is 9.18 Å².